The Morgan fingerprint density at radius 3 is 2.81 bits per heavy atom. The quantitative estimate of drug-likeness (QED) is 0.900. The van der Waals surface area contributed by atoms with Gasteiger partial charge in [-0.15, -0.1) is 0 Å². The minimum absolute atomic E-state index is 0.127. The molecule has 0 aromatic carbocycles. The van der Waals surface area contributed by atoms with E-state index in [1.54, 1.807) is 16.9 Å². The van der Waals surface area contributed by atoms with Gasteiger partial charge in [-0.2, -0.15) is 10.2 Å². The summed E-state index contributed by atoms with van der Waals surface area (Å²) in [6.07, 6.45) is 6.80. The molecule has 0 amide bonds. The monoisotopic (exact) mass is 288 g/mol. The molecule has 1 aliphatic rings. The van der Waals surface area contributed by atoms with Crippen LogP contribution in [-0.2, 0) is 6.54 Å². The number of anilines is 1. The molecule has 1 saturated carbocycles. The number of aromatic nitrogens is 5. The Bertz CT molecular complexity index is 670. The first-order valence-corrected chi connectivity index (χ1v) is 7.35. The lowest BCUT2D eigenvalue weighted by molar-refractivity contribution is 0.444. The van der Waals surface area contributed by atoms with Crippen LogP contribution >= 0.6 is 0 Å². The highest BCUT2D eigenvalue weighted by Crippen LogP contribution is 2.22. The van der Waals surface area contributed by atoms with E-state index in [1.807, 2.05) is 13.8 Å². The van der Waals surface area contributed by atoms with Gasteiger partial charge in [-0.1, -0.05) is 0 Å². The fourth-order valence-electron chi connectivity index (χ4n) is 2.37. The van der Waals surface area contributed by atoms with Crippen molar-refractivity contribution in [1.82, 2.24) is 24.5 Å². The van der Waals surface area contributed by atoms with Gasteiger partial charge in [-0.3, -0.25) is 4.79 Å². The molecule has 0 saturated heterocycles. The van der Waals surface area contributed by atoms with Crippen molar-refractivity contribution in [2.45, 2.75) is 51.7 Å². The Balaban J connectivity index is 1.76. The van der Waals surface area contributed by atoms with Crippen LogP contribution in [0.1, 0.15) is 45.0 Å². The third-order valence-corrected chi connectivity index (χ3v) is 3.77. The lowest BCUT2D eigenvalue weighted by atomic mass is 9.93. The summed E-state index contributed by atoms with van der Waals surface area (Å²) in [5.41, 5.74) is 0.670. The van der Waals surface area contributed by atoms with Crippen LogP contribution in [0.3, 0.4) is 0 Å². The van der Waals surface area contributed by atoms with Crippen molar-refractivity contribution in [3.05, 3.63) is 34.8 Å². The van der Waals surface area contributed by atoms with Crippen LogP contribution in [0.5, 0.6) is 0 Å². The molecule has 1 N–H and O–H groups in total. The van der Waals surface area contributed by atoms with Crippen LogP contribution in [0.4, 0.5) is 5.69 Å². The maximum absolute atomic E-state index is 12.1. The van der Waals surface area contributed by atoms with Crippen LogP contribution < -0.4 is 10.9 Å². The SMILES string of the molecule is CC(C)n1ncnc1Cn1ncc(NC2CCC2)cc1=O. The zero-order valence-corrected chi connectivity index (χ0v) is 12.4. The minimum atomic E-state index is -0.127. The average molecular weight is 288 g/mol. The molecular formula is C14H20N6O. The first-order valence-electron chi connectivity index (χ1n) is 7.35. The molecule has 0 radical (unpaired) electrons. The molecule has 7 nitrogen and oxygen atoms in total. The van der Waals surface area contributed by atoms with Gasteiger partial charge in [-0.05, 0) is 33.1 Å². The maximum Gasteiger partial charge on any atom is 0.269 e. The highest BCUT2D eigenvalue weighted by Gasteiger charge is 2.17. The molecule has 1 aliphatic carbocycles. The van der Waals surface area contributed by atoms with Crippen LogP contribution in [0.15, 0.2) is 23.4 Å². The van der Waals surface area contributed by atoms with E-state index in [1.165, 1.54) is 30.3 Å². The zero-order valence-electron chi connectivity index (χ0n) is 12.4. The van der Waals surface area contributed by atoms with E-state index >= 15 is 0 Å². The second kappa shape index (κ2) is 5.67. The predicted molar refractivity (Wildman–Crippen MR) is 79.3 cm³/mol. The Morgan fingerprint density at radius 2 is 2.19 bits per heavy atom. The molecule has 21 heavy (non-hydrogen) atoms. The first kappa shape index (κ1) is 13.8. The smallest absolute Gasteiger partial charge is 0.269 e. The van der Waals surface area contributed by atoms with Crippen LogP contribution in [0.25, 0.3) is 0 Å². The molecule has 2 aromatic heterocycles. The van der Waals surface area contributed by atoms with Crippen LogP contribution in [0, 0.1) is 0 Å². The van der Waals surface area contributed by atoms with Crippen molar-refractivity contribution in [2.75, 3.05) is 5.32 Å². The van der Waals surface area contributed by atoms with Gasteiger partial charge in [0.05, 0.1) is 11.9 Å². The van der Waals surface area contributed by atoms with E-state index in [4.69, 9.17) is 0 Å². The number of nitrogens with one attached hydrogen (secondary N) is 1. The predicted octanol–water partition coefficient (Wildman–Crippen LogP) is 1.43. The molecule has 2 aromatic rings. The van der Waals surface area contributed by atoms with Crippen molar-refractivity contribution in [1.29, 1.82) is 0 Å². The average Bonchev–Trinajstić information content (AvgIpc) is 2.85. The highest BCUT2D eigenvalue weighted by molar-refractivity contribution is 5.40. The number of hydrogen-bond donors (Lipinski definition) is 1. The summed E-state index contributed by atoms with van der Waals surface area (Å²) in [5.74, 6) is 0.735. The summed E-state index contributed by atoms with van der Waals surface area (Å²) in [4.78, 5) is 16.3. The fraction of sp³-hybridized carbons (Fsp3) is 0.571. The highest BCUT2D eigenvalue weighted by atomic mass is 16.1. The molecule has 112 valence electrons. The van der Waals surface area contributed by atoms with E-state index in [2.05, 4.69) is 20.5 Å². The Kier molecular flexibility index (Phi) is 3.72. The lowest BCUT2D eigenvalue weighted by Crippen LogP contribution is -2.29. The van der Waals surface area contributed by atoms with E-state index in [9.17, 15) is 4.79 Å². The third kappa shape index (κ3) is 2.96. The number of rotatable bonds is 5. The third-order valence-electron chi connectivity index (χ3n) is 3.77. The van der Waals surface area contributed by atoms with E-state index in [-0.39, 0.29) is 11.6 Å². The molecule has 0 spiro atoms. The molecule has 3 rings (SSSR count). The molecular weight excluding hydrogens is 268 g/mol. The van der Waals surface area contributed by atoms with Gasteiger partial charge in [0.25, 0.3) is 5.56 Å². The van der Waals surface area contributed by atoms with Gasteiger partial charge in [0.1, 0.15) is 18.7 Å². The fourth-order valence-corrected chi connectivity index (χ4v) is 2.37. The number of nitrogens with zero attached hydrogens (tertiary/aromatic N) is 5. The molecule has 2 heterocycles. The van der Waals surface area contributed by atoms with Crippen molar-refractivity contribution in [2.24, 2.45) is 0 Å². The molecule has 7 heteroatoms. The summed E-state index contributed by atoms with van der Waals surface area (Å²) in [5, 5.41) is 11.7. The van der Waals surface area contributed by atoms with Crippen molar-refractivity contribution < 1.29 is 0 Å². The molecule has 0 unspecified atom stereocenters. The largest absolute Gasteiger partial charge is 0.381 e. The van der Waals surface area contributed by atoms with Crippen LogP contribution in [0.2, 0.25) is 0 Å². The zero-order chi connectivity index (χ0) is 14.8. The first-order chi connectivity index (χ1) is 10.1. The summed E-state index contributed by atoms with van der Waals surface area (Å²) in [6.45, 7) is 4.39. The Hall–Kier alpha value is -2.18. The number of hydrogen-bond acceptors (Lipinski definition) is 5. The van der Waals surface area contributed by atoms with Gasteiger partial charge < -0.3 is 5.32 Å². The molecule has 0 bridgehead atoms. The van der Waals surface area contributed by atoms with Crippen molar-refractivity contribution >= 4 is 5.69 Å². The van der Waals surface area contributed by atoms with Gasteiger partial charge in [0.15, 0.2) is 0 Å². The second-order valence-electron chi connectivity index (χ2n) is 5.73. The minimum Gasteiger partial charge on any atom is -0.381 e. The van der Waals surface area contributed by atoms with E-state index in [0.717, 1.165) is 11.5 Å². The van der Waals surface area contributed by atoms with Gasteiger partial charge in [-0.25, -0.2) is 14.3 Å². The summed E-state index contributed by atoms with van der Waals surface area (Å²) in [6, 6.07) is 2.30. The van der Waals surface area contributed by atoms with Crippen molar-refractivity contribution in [3.63, 3.8) is 0 Å². The normalized spacial score (nSPS) is 15.2. The van der Waals surface area contributed by atoms with Gasteiger partial charge in [0, 0.05) is 18.2 Å². The Labute approximate surface area is 123 Å². The lowest BCUT2D eigenvalue weighted by Gasteiger charge is -2.27. The summed E-state index contributed by atoms with van der Waals surface area (Å²) < 4.78 is 3.21. The van der Waals surface area contributed by atoms with E-state index < -0.39 is 0 Å². The molecule has 1 fully saturated rings. The van der Waals surface area contributed by atoms with Crippen LogP contribution in [-0.4, -0.2) is 30.6 Å². The second-order valence-corrected chi connectivity index (χ2v) is 5.73. The van der Waals surface area contributed by atoms with E-state index in [0.29, 0.717) is 12.6 Å². The van der Waals surface area contributed by atoms with Gasteiger partial charge >= 0.3 is 0 Å². The Morgan fingerprint density at radius 1 is 1.38 bits per heavy atom. The van der Waals surface area contributed by atoms with Gasteiger partial charge in [0.2, 0.25) is 0 Å². The molecule has 0 atom stereocenters. The standard InChI is InChI=1S/C14H20N6O/c1-10(2)20-13(15-9-17-20)8-19-14(21)6-12(7-16-19)18-11-4-3-5-11/h6-7,9-11,18H,3-5,8H2,1-2H3. The maximum atomic E-state index is 12.1. The van der Waals surface area contributed by atoms with Crippen molar-refractivity contribution in [3.8, 4) is 0 Å². The summed E-state index contributed by atoms with van der Waals surface area (Å²) in [7, 11) is 0. The summed E-state index contributed by atoms with van der Waals surface area (Å²) >= 11 is 0. The molecule has 0 aliphatic heterocycles. The topological polar surface area (TPSA) is 77.6 Å².